The van der Waals surface area contributed by atoms with Gasteiger partial charge in [0.25, 0.3) is 0 Å². The molecular weight excluding hydrogens is 184 g/mol. The van der Waals surface area contributed by atoms with Crippen molar-refractivity contribution in [1.82, 2.24) is 10.2 Å². The van der Waals surface area contributed by atoms with E-state index in [0.29, 0.717) is 0 Å². The summed E-state index contributed by atoms with van der Waals surface area (Å²) in [5, 5.41) is 3.49. The Morgan fingerprint density at radius 3 is 2.80 bits per heavy atom. The van der Waals surface area contributed by atoms with Crippen molar-refractivity contribution < 1.29 is 0 Å². The summed E-state index contributed by atoms with van der Waals surface area (Å²) in [6, 6.07) is 1.56. The summed E-state index contributed by atoms with van der Waals surface area (Å²) in [7, 11) is 0. The van der Waals surface area contributed by atoms with Gasteiger partial charge in [-0.2, -0.15) is 0 Å². The first-order valence-corrected chi connectivity index (χ1v) is 6.72. The molecule has 0 aromatic carbocycles. The first-order valence-electron chi connectivity index (χ1n) is 6.72. The fourth-order valence-corrected chi connectivity index (χ4v) is 2.55. The summed E-state index contributed by atoms with van der Waals surface area (Å²) < 4.78 is 0. The summed E-state index contributed by atoms with van der Waals surface area (Å²) in [4.78, 5) is 2.69. The van der Waals surface area contributed by atoms with Crippen molar-refractivity contribution in [2.75, 3.05) is 19.6 Å². The molecule has 1 saturated heterocycles. The summed E-state index contributed by atoms with van der Waals surface area (Å²) in [5.74, 6) is 0. The van der Waals surface area contributed by atoms with Crippen LogP contribution < -0.4 is 5.32 Å². The zero-order valence-electron chi connectivity index (χ0n) is 10.8. The monoisotopic (exact) mass is 212 g/mol. The molecule has 0 saturated carbocycles. The highest BCUT2D eigenvalue weighted by molar-refractivity contribution is 4.78. The summed E-state index contributed by atoms with van der Waals surface area (Å²) in [6.07, 6.45) is 6.76. The Labute approximate surface area is 95.4 Å². The van der Waals surface area contributed by atoms with Crippen LogP contribution in [0.4, 0.5) is 0 Å². The lowest BCUT2D eigenvalue weighted by atomic mass is 10.0. The molecule has 1 aliphatic heterocycles. The lowest BCUT2D eigenvalue weighted by molar-refractivity contribution is 0.109. The summed E-state index contributed by atoms with van der Waals surface area (Å²) >= 11 is 0. The molecule has 1 fully saturated rings. The van der Waals surface area contributed by atoms with Gasteiger partial charge in [-0.05, 0) is 59.2 Å². The van der Waals surface area contributed by atoms with E-state index in [1.54, 1.807) is 0 Å². The Bertz CT molecular complexity index is 159. The van der Waals surface area contributed by atoms with Crippen LogP contribution in [0.5, 0.6) is 0 Å². The van der Waals surface area contributed by atoms with E-state index in [9.17, 15) is 0 Å². The van der Waals surface area contributed by atoms with Crippen LogP contribution in [0, 0.1) is 0 Å². The van der Waals surface area contributed by atoms with Gasteiger partial charge in [-0.1, -0.05) is 13.3 Å². The molecule has 1 N–H and O–H groups in total. The van der Waals surface area contributed by atoms with Gasteiger partial charge in [-0.3, -0.25) is 4.90 Å². The molecule has 90 valence electrons. The van der Waals surface area contributed by atoms with Crippen molar-refractivity contribution in [2.45, 2.75) is 65.0 Å². The molecule has 0 aromatic heterocycles. The van der Waals surface area contributed by atoms with E-state index in [1.165, 1.54) is 51.7 Å². The third kappa shape index (κ3) is 4.52. The van der Waals surface area contributed by atoms with Crippen molar-refractivity contribution in [1.29, 1.82) is 0 Å². The van der Waals surface area contributed by atoms with Crippen molar-refractivity contribution in [2.24, 2.45) is 0 Å². The van der Waals surface area contributed by atoms with Crippen molar-refractivity contribution in [3.63, 3.8) is 0 Å². The molecule has 2 atom stereocenters. The largest absolute Gasteiger partial charge is 0.317 e. The molecule has 0 bridgehead atoms. The Kier molecular flexibility index (Phi) is 6.26. The summed E-state index contributed by atoms with van der Waals surface area (Å²) in [5.41, 5.74) is 0. The number of rotatable bonds is 6. The van der Waals surface area contributed by atoms with Gasteiger partial charge < -0.3 is 5.32 Å². The number of nitrogens with zero attached hydrogens (tertiary/aromatic N) is 1. The third-order valence-corrected chi connectivity index (χ3v) is 3.59. The predicted molar refractivity (Wildman–Crippen MR) is 67.3 cm³/mol. The Hall–Kier alpha value is -0.0800. The molecule has 2 heteroatoms. The maximum Gasteiger partial charge on any atom is 0.00818 e. The van der Waals surface area contributed by atoms with E-state index >= 15 is 0 Å². The van der Waals surface area contributed by atoms with Crippen molar-refractivity contribution in [3.05, 3.63) is 0 Å². The van der Waals surface area contributed by atoms with Crippen LogP contribution in [0.1, 0.15) is 52.9 Å². The molecule has 0 aromatic rings. The minimum atomic E-state index is 0.754. The molecule has 0 aliphatic carbocycles. The molecule has 0 spiro atoms. The van der Waals surface area contributed by atoms with Crippen LogP contribution in [0.3, 0.4) is 0 Å². The zero-order valence-corrected chi connectivity index (χ0v) is 10.8. The molecule has 2 nitrogen and oxygen atoms in total. The van der Waals surface area contributed by atoms with E-state index < -0.39 is 0 Å². The maximum absolute atomic E-state index is 3.49. The first-order chi connectivity index (χ1) is 7.25. The van der Waals surface area contributed by atoms with Crippen LogP contribution in [0.2, 0.25) is 0 Å². The lowest BCUT2D eigenvalue weighted by Gasteiger charge is -2.38. The van der Waals surface area contributed by atoms with Gasteiger partial charge in [0.1, 0.15) is 0 Å². The van der Waals surface area contributed by atoms with Gasteiger partial charge >= 0.3 is 0 Å². The molecule has 1 heterocycles. The van der Waals surface area contributed by atoms with Gasteiger partial charge in [-0.15, -0.1) is 0 Å². The number of nitrogens with one attached hydrogen (secondary N) is 1. The molecule has 0 amide bonds. The van der Waals surface area contributed by atoms with Gasteiger partial charge in [0.05, 0.1) is 0 Å². The highest BCUT2D eigenvalue weighted by atomic mass is 15.2. The molecule has 1 aliphatic rings. The highest BCUT2D eigenvalue weighted by Crippen LogP contribution is 2.19. The van der Waals surface area contributed by atoms with Crippen molar-refractivity contribution in [3.8, 4) is 0 Å². The van der Waals surface area contributed by atoms with Gasteiger partial charge in [0.15, 0.2) is 0 Å². The second kappa shape index (κ2) is 7.24. The normalized spacial score (nSPS) is 25.4. The van der Waals surface area contributed by atoms with Gasteiger partial charge in [0.2, 0.25) is 0 Å². The van der Waals surface area contributed by atoms with E-state index in [0.717, 1.165) is 12.1 Å². The molecule has 2 unspecified atom stereocenters. The quantitative estimate of drug-likeness (QED) is 0.681. The van der Waals surface area contributed by atoms with E-state index in [1.807, 2.05) is 0 Å². The van der Waals surface area contributed by atoms with Crippen molar-refractivity contribution >= 4 is 0 Å². The standard InChI is InChI=1S/C13H28N2/c1-4-9-14-10-8-13(3)15-11-6-5-7-12(15)2/h12-14H,4-11H2,1-3H3. The molecule has 0 radical (unpaired) electrons. The Balaban J connectivity index is 2.16. The lowest BCUT2D eigenvalue weighted by Crippen LogP contribution is -2.44. The molecule has 15 heavy (non-hydrogen) atoms. The number of hydrogen-bond acceptors (Lipinski definition) is 2. The first kappa shape index (κ1) is 13.0. The average molecular weight is 212 g/mol. The second-order valence-corrected chi connectivity index (χ2v) is 4.97. The number of piperidine rings is 1. The number of hydrogen-bond donors (Lipinski definition) is 1. The Morgan fingerprint density at radius 2 is 2.13 bits per heavy atom. The minimum Gasteiger partial charge on any atom is -0.317 e. The van der Waals surface area contributed by atoms with Crippen LogP contribution in [-0.2, 0) is 0 Å². The van der Waals surface area contributed by atoms with Crippen LogP contribution >= 0.6 is 0 Å². The minimum absolute atomic E-state index is 0.754. The van der Waals surface area contributed by atoms with Crippen LogP contribution in [-0.4, -0.2) is 36.6 Å². The topological polar surface area (TPSA) is 15.3 Å². The van der Waals surface area contributed by atoms with Gasteiger partial charge in [-0.25, -0.2) is 0 Å². The fraction of sp³-hybridized carbons (Fsp3) is 1.00. The van der Waals surface area contributed by atoms with E-state index in [4.69, 9.17) is 0 Å². The third-order valence-electron chi connectivity index (χ3n) is 3.59. The van der Waals surface area contributed by atoms with E-state index in [2.05, 4.69) is 31.0 Å². The maximum atomic E-state index is 3.49. The van der Waals surface area contributed by atoms with E-state index in [-0.39, 0.29) is 0 Å². The fourth-order valence-electron chi connectivity index (χ4n) is 2.55. The second-order valence-electron chi connectivity index (χ2n) is 4.97. The Morgan fingerprint density at radius 1 is 1.33 bits per heavy atom. The highest BCUT2D eigenvalue weighted by Gasteiger charge is 2.22. The number of likely N-dealkylation sites (tertiary alicyclic amines) is 1. The summed E-state index contributed by atoms with van der Waals surface area (Å²) in [6.45, 7) is 10.7. The molecular formula is C13H28N2. The average Bonchev–Trinajstić information content (AvgIpc) is 2.25. The van der Waals surface area contributed by atoms with Crippen LogP contribution in [0.15, 0.2) is 0 Å². The van der Waals surface area contributed by atoms with Gasteiger partial charge in [0, 0.05) is 12.1 Å². The predicted octanol–water partition coefficient (Wildman–Crippen LogP) is 2.64. The molecule has 1 rings (SSSR count). The SMILES string of the molecule is CCCNCCC(C)N1CCCCC1C. The van der Waals surface area contributed by atoms with Crippen LogP contribution in [0.25, 0.3) is 0 Å². The zero-order chi connectivity index (χ0) is 11.1. The smallest absolute Gasteiger partial charge is 0.00818 e.